The molecule has 2 aromatic carbocycles. The van der Waals surface area contributed by atoms with E-state index in [2.05, 4.69) is 91.1 Å². The van der Waals surface area contributed by atoms with Gasteiger partial charge in [-0.15, -0.1) is 0 Å². The van der Waals surface area contributed by atoms with Gasteiger partial charge in [-0.3, -0.25) is 18.9 Å². The molecule has 2 aromatic heterocycles. The second-order valence-corrected chi connectivity index (χ2v) is 9.23. The molecule has 6 rings (SSSR count). The molecule has 8 nitrogen and oxygen atoms in total. The molecule has 172 valence electrons. The maximum absolute atomic E-state index is 5.04. The lowest BCUT2D eigenvalue weighted by Crippen LogP contribution is -2.54. The smallest absolute Gasteiger partial charge is 0.210 e. The van der Waals surface area contributed by atoms with Crippen molar-refractivity contribution in [3.63, 3.8) is 0 Å². The molecule has 4 heterocycles. The van der Waals surface area contributed by atoms with E-state index >= 15 is 0 Å². The number of aromatic nitrogens is 4. The second-order valence-electron chi connectivity index (χ2n) is 9.23. The van der Waals surface area contributed by atoms with Crippen LogP contribution in [0.15, 0.2) is 48.5 Å². The minimum atomic E-state index is 0.757. The first kappa shape index (κ1) is 20.5. The van der Waals surface area contributed by atoms with Crippen molar-refractivity contribution in [2.75, 3.05) is 42.9 Å². The minimum Gasteiger partial charge on any atom is -0.311 e. The highest BCUT2D eigenvalue weighted by Gasteiger charge is 2.31. The summed E-state index contributed by atoms with van der Waals surface area (Å²) in [6, 6.07) is 17.0. The standard InChI is InChI=1S/C25H32N8/c1-3-13-28-15-30(24-26-20-9-5-7-11-22(20)32(24)17-28)19-31-16-29(14-4-2)18-33-23-12-8-6-10-21(23)27-25(31)33/h5-12H,3-4,13-19H2,1-2H3. The van der Waals surface area contributed by atoms with Crippen LogP contribution in [0.2, 0.25) is 0 Å². The van der Waals surface area contributed by atoms with Crippen LogP contribution >= 0.6 is 0 Å². The maximum atomic E-state index is 5.04. The molecule has 0 aliphatic carbocycles. The second kappa shape index (κ2) is 8.35. The molecule has 0 spiro atoms. The van der Waals surface area contributed by atoms with Crippen LogP contribution in [0.5, 0.6) is 0 Å². The first-order chi connectivity index (χ1) is 16.2. The topological polar surface area (TPSA) is 48.6 Å². The Labute approximate surface area is 194 Å². The molecule has 0 saturated heterocycles. The summed E-state index contributed by atoms with van der Waals surface area (Å²) in [7, 11) is 0. The van der Waals surface area contributed by atoms with Gasteiger partial charge in [-0.1, -0.05) is 38.1 Å². The Balaban J connectivity index is 1.39. The lowest BCUT2D eigenvalue weighted by molar-refractivity contribution is 0.183. The molecule has 2 aliphatic rings. The Kier molecular flexibility index (Phi) is 5.19. The quantitative estimate of drug-likeness (QED) is 0.449. The van der Waals surface area contributed by atoms with E-state index in [1.807, 2.05) is 0 Å². The summed E-state index contributed by atoms with van der Waals surface area (Å²) in [5, 5.41) is 0. The highest BCUT2D eigenvalue weighted by atomic mass is 15.6. The molecule has 2 aliphatic heterocycles. The summed E-state index contributed by atoms with van der Waals surface area (Å²) < 4.78 is 4.73. The zero-order chi connectivity index (χ0) is 22.4. The Hall–Kier alpha value is -3.10. The van der Waals surface area contributed by atoms with Gasteiger partial charge in [-0.05, 0) is 37.1 Å². The summed E-state index contributed by atoms with van der Waals surface area (Å²) in [5.74, 6) is 2.11. The average Bonchev–Trinajstić information content (AvgIpc) is 3.39. The third-order valence-electron chi connectivity index (χ3n) is 6.68. The van der Waals surface area contributed by atoms with Crippen molar-refractivity contribution < 1.29 is 0 Å². The largest absolute Gasteiger partial charge is 0.311 e. The van der Waals surface area contributed by atoms with Crippen molar-refractivity contribution in [1.29, 1.82) is 0 Å². The predicted octanol–water partition coefficient (Wildman–Crippen LogP) is 3.94. The van der Waals surface area contributed by atoms with Gasteiger partial charge >= 0.3 is 0 Å². The lowest BCUT2D eigenvalue weighted by Gasteiger charge is -2.43. The van der Waals surface area contributed by atoms with Gasteiger partial charge in [0.25, 0.3) is 0 Å². The molecule has 0 unspecified atom stereocenters. The fourth-order valence-electron chi connectivity index (χ4n) is 5.32. The summed E-state index contributed by atoms with van der Waals surface area (Å²) in [6.07, 6.45) is 2.28. The lowest BCUT2D eigenvalue weighted by atomic mass is 10.3. The van der Waals surface area contributed by atoms with E-state index in [4.69, 9.17) is 9.97 Å². The van der Waals surface area contributed by atoms with Gasteiger partial charge in [0.05, 0.1) is 55.4 Å². The van der Waals surface area contributed by atoms with E-state index in [-0.39, 0.29) is 0 Å². The molecule has 33 heavy (non-hydrogen) atoms. The van der Waals surface area contributed by atoms with Crippen LogP contribution in [0.3, 0.4) is 0 Å². The molecule has 0 fully saturated rings. The summed E-state index contributed by atoms with van der Waals surface area (Å²) in [5.41, 5.74) is 4.54. The summed E-state index contributed by atoms with van der Waals surface area (Å²) in [6.45, 7) is 10.9. The molecular formula is C25H32N8. The number of fused-ring (bicyclic) bond motifs is 6. The first-order valence-corrected chi connectivity index (χ1v) is 12.1. The molecule has 0 radical (unpaired) electrons. The van der Waals surface area contributed by atoms with E-state index in [0.29, 0.717) is 0 Å². The van der Waals surface area contributed by atoms with E-state index in [1.165, 1.54) is 11.0 Å². The number of imidazole rings is 2. The minimum absolute atomic E-state index is 0.757. The first-order valence-electron chi connectivity index (χ1n) is 12.1. The van der Waals surface area contributed by atoms with Gasteiger partial charge in [0.1, 0.15) is 0 Å². The van der Waals surface area contributed by atoms with Crippen LogP contribution in [0.25, 0.3) is 22.1 Å². The average molecular weight is 445 g/mol. The molecule has 0 bridgehead atoms. The Bertz CT molecular complexity index is 1180. The van der Waals surface area contributed by atoms with E-state index in [0.717, 1.165) is 82.2 Å². The van der Waals surface area contributed by atoms with E-state index in [9.17, 15) is 0 Å². The number of para-hydroxylation sites is 4. The zero-order valence-electron chi connectivity index (χ0n) is 19.6. The predicted molar refractivity (Wildman–Crippen MR) is 133 cm³/mol. The number of rotatable bonds is 6. The molecule has 0 saturated carbocycles. The van der Waals surface area contributed by atoms with Crippen molar-refractivity contribution in [2.24, 2.45) is 0 Å². The number of nitrogens with zero attached hydrogens (tertiary/aromatic N) is 8. The van der Waals surface area contributed by atoms with Gasteiger partial charge in [0.15, 0.2) is 0 Å². The third-order valence-corrected chi connectivity index (χ3v) is 6.68. The van der Waals surface area contributed by atoms with Crippen LogP contribution < -0.4 is 9.80 Å². The molecule has 0 N–H and O–H groups in total. The maximum Gasteiger partial charge on any atom is 0.210 e. The van der Waals surface area contributed by atoms with Crippen molar-refractivity contribution in [3.8, 4) is 0 Å². The van der Waals surface area contributed by atoms with Crippen molar-refractivity contribution in [3.05, 3.63) is 48.5 Å². The van der Waals surface area contributed by atoms with Gasteiger partial charge in [-0.2, -0.15) is 0 Å². The number of benzene rings is 2. The van der Waals surface area contributed by atoms with Crippen LogP contribution in [0.1, 0.15) is 26.7 Å². The van der Waals surface area contributed by atoms with E-state index in [1.54, 1.807) is 0 Å². The van der Waals surface area contributed by atoms with Crippen LogP contribution in [0.4, 0.5) is 11.9 Å². The van der Waals surface area contributed by atoms with Crippen LogP contribution in [-0.4, -0.2) is 62.0 Å². The normalized spacial score (nSPS) is 17.2. The fourth-order valence-corrected chi connectivity index (χ4v) is 5.32. The van der Waals surface area contributed by atoms with Gasteiger partial charge in [0.2, 0.25) is 11.9 Å². The number of anilines is 2. The SMILES string of the molecule is CCCN1CN(CN2CN(CCC)Cn3c2nc2ccccc23)c2nc3ccccc3n2C1. The zero-order valence-corrected chi connectivity index (χ0v) is 19.6. The van der Waals surface area contributed by atoms with Crippen molar-refractivity contribution >= 4 is 34.0 Å². The van der Waals surface area contributed by atoms with Gasteiger partial charge < -0.3 is 9.80 Å². The summed E-state index contributed by atoms with van der Waals surface area (Å²) in [4.78, 5) is 19.9. The Morgan fingerprint density at radius 2 is 1.09 bits per heavy atom. The highest BCUT2D eigenvalue weighted by Crippen LogP contribution is 2.31. The Morgan fingerprint density at radius 1 is 0.636 bits per heavy atom. The number of hydrogen-bond acceptors (Lipinski definition) is 6. The van der Waals surface area contributed by atoms with Crippen LogP contribution in [0, 0.1) is 0 Å². The van der Waals surface area contributed by atoms with Crippen molar-refractivity contribution in [1.82, 2.24) is 28.9 Å². The molecular weight excluding hydrogens is 412 g/mol. The third kappa shape index (κ3) is 3.54. The molecule has 0 atom stereocenters. The highest BCUT2D eigenvalue weighted by molar-refractivity contribution is 5.80. The molecule has 8 heteroatoms. The summed E-state index contributed by atoms with van der Waals surface area (Å²) >= 11 is 0. The Morgan fingerprint density at radius 3 is 1.55 bits per heavy atom. The molecule has 4 aromatic rings. The van der Waals surface area contributed by atoms with Crippen LogP contribution in [-0.2, 0) is 13.3 Å². The monoisotopic (exact) mass is 444 g/mol. The molecule has 0 amide bonds. The van der Waals surface area contributed by atoms with E-state index < -0.39 is 0 Å². The van der Waals surface area contributed by atoms with Gasteiger partial charge in [-0.25, -0.2) is 9.97 Å². The van der Waals surface area contributed by atoms with Crippen molar-refractivity contribution in [2.45, 2.75) is 40.0 Å². The fraction of sp³-hybridized carbons (Fsp3) is 0.440. The number of hydrogen-bond donors (Lipinski definition) is 0. The van der Waals surface area contributed by atoms with Gasteiger partial charge in [0, 0.05) is 13.1 Å².